The molecule has 0 aliphatic rings. The van der Waals surface area contributed by atoms with Crippen molar-refractivity contribution >= 4 is 29.1 Å². The summed E-state index contributed by atoms with van der Waals surface area (Å²) in [6, 6.07) is 12.0. The van der Waals surface area contributed by atoms with Crippen LogP contribution in [0.15, 0.2) is 53.1 Å². The molecule has 8 nitrogen and oxygen atoms in total. The Hall–Kier alpha value is -3.39. The topological polar surface area (TPSA) is 110 Å². The second kappa shape index (κ2) is 7.69. The molecule has 1 N–H and O–H groups in total. The fourth-order valence-corrected chi connectivity index (χ4v) is 3.27. The van der Waals surface area contributed by atoms with Crippen molar-refractivity contribution in [1.82, 2.24) is 5.16 Å². The highest BCUT2D eigenvalue weighted by atomic mass is 35.5. The van der Waals surface area contributed by atoms with E-state index < -0.39 is 17.1 Å². The van der Waals surface area contributed by atoms with Crippen molar-refractivity contribution < 1.29 is 19.3 Å². The third kappa shape index (κ3) is 3.54. The van der Waals surface area contributed by atoms with Crippen molar-refractivity contribution in [3.8, 4) is 11.3 Å². The minimum Gasteiger partial charge on any atom is -0.465 e. The van der Waals surface area contributed by atoms with Crippen molar-refractivity contribution in [2.45, 2.75) is 19.9 Å². The van der Waals surface area contributed by atoms with Crippen molar-refractivity contribution in [2.75, 3.05) is 4.90 Å². The van der Waals surface area contributed by atoms with Gasteiger partial charge in [0.05, 0.1) is 11.0 Å². The lowest BCUT2D eigenvalue weighted by Gasteiger charge is -2.27. The molecular formula is C19H16ClN3O5. The molecule has 0 spiro atoms. The minimum atomic E-state index is -1.21. The van der Waals surface area contributed by atoms with Gasteiger partial charge < -0.3 is 9.63 Å². The van der Waals surface area contributed by atoms with Gasteiger partial charge in [-0.3, -0.25) is 15.0 Å². The molecule has 9 heteroatoms. The summed E-state index contributed by atoms with van der Waals surface area (Å²) in [5, 5.41) is 25.1. The lowest BCUT2D eigenvalue weighted by Crippen LogP contribution is -2.33. The van der Waals surface area contributed by atoms with Crippen LogP contribution in [0.4, 0.5) is 16.2 Å². The number of rotatable bonds is 5. The predicted octanol–water partition coefficient (Wildman–Crippen LogP) is 5.46. The van der Waals surface area contributed by atoms with E-state index in [0.717, 1.165) is 4.90 Å². The number of non-ortho nitro benzene ring substituents is 1. The van der Waals surface area contributed by atoms with Gasteiger partial charge in [-0.15, -0.1) is 0 Å². The molecule has 28 heavy (non-hydrogen) atoms. The number of halogens is 1. The number of hydrogen-bond donors (Lipinski definition) is 1. The zero-order chi connectivity index (χ0) is 20.4. The Bertz CT molecular complexity index is 1030. The van der Waals surface area contributed by atoms with E-state index in [1.165, 1.54) is 24.3 Å². The van der Waals surface area contributed by atoms with Crippen LogP contribution >= 0.6 is 11.6 Å². The number of carbonyl (C=O) groups is 1. The van der Waals surface area contributed by atoms with E-state index in [2.05, 4.69) is 5.16 Å². The van der Waals surface area contributed by atoms with E-state index in [4.69, 9.17) is 16.1 Å². The third-order valence-corrected chi connectivity index (χ3v) is 4.71. The van der Waals surface area contributed by atoms with Gasteiger partial charge in [0.1, 0.15) is 11.4 Å². The number of carboxylic acid groups (broad SMARTS) is 1. The van der Waals surface area contributed by atoms with Gasteiger partial charge in [0.2, 0.25) is 0 Å². The largest absolute Gasteiger partial charge is 0.465 e. The highest BCUT2D eigenvalue weighted by Gasteiger charge is 2.31. The van der Waals surface area contributed by atoms with Crippen LogP contribution < -0.4 is 4.90 Å². The second-order valence-electron chi connectivity index (χ2n) is 6.10. The van der Waals surface area contributed by atoms with E-state index in [1.807, 2.05) is 0 Å². The Morgan fingerprint density at radius 2 is 1.89 bits per heavy atom. The maximum atomic E-state index is 12.1. The van der Waals surface area contributed by atoms with Crippen LogP contribution in [-0.4, -0.2) is 21.3 Å². The van der Waals surface area contributed by atoms with E-state index in [9.17, 15) is 20.0 Å². The average Bonchev–Trinajstić information content (AvgIpc) is 3.03. The lowest BCUT2D eigenvalue weighted by molar-refractivity contribution is -0.384. The fourth-order valence-electron chi connectivity index (χ4n) is 2.98. The molecule has 1 amide bonds. The van der Waals surface area contributed by atoms with Crippen LogP contribution in [0.5, 0.6) is 0 Å². The number of anilines is 1. The molecule has 1 aromatic heterocycles. The number of nitrogens with zero attached hydrogens (tertiary/aromatic N) is 3. The zero-order valence-corrected chi connectivity index (χ0v) is 15.8. The maximum Gasteiger partial charge on any atom is 0.412 e. The molecule has 0 radical (unpaired) electrons. The highest BCUT2D eigenvalue weighted by Crippen LogP contribution is 2.39. The first-order valence-electron chi connectivity index (χ1n) is 8.29. The smallest absolute Gasteiger partial charge is 0.412 e. The van der Waals surface area contributed by atoms with Gasteiger partial charge >= 0.3 is 6.09 Å². The summed E-state index contributed by atoms with van der Waals surface area (Å²) < 4.78 is 5.37. The Kier molecular flexibility index (Phi) is 5.32. The number of hydrogen-bond acceptors (Lipinski definition) is 5. The summed E-state index contributed by atoms with van der Waals surface area (Å²) in [6.45, 7) is 3.34. The summed E-state index contributed by atoms with van der Waals surface area (Å²) in [6.07, 6.45) is -1.21. The number of amides is 1. The van der Waals surface area contributed by atoms with Crippen molar-refractivity contribution in [2.24, 2.45) is 0 Å². The first-order valence-corrected chi connectivity index (χ1v) is 8.66. The van der Waals surface area contributed by atoms with Gasteiger partial charge in [-0.1, -0.05) is 35.0 Å². The van der Waals surface area contributed by atoms with Gasteiger partial charge in [0, 0.05) is 22.7 Å². The molecule has 0 aliphatic heterocycles. The maximum absolute atomic E-state index is 12.1. The van der Waals surface area contributed by atoms with E-state index in [0.29, 0.717) is 21.8 Å². The fraction of sp³-hybridized carbons (Fsp3) is 0.158. The Morgan fingerprint density at radius 1 is 1.25 bits per heavy atom. The van der Waals surface area contributed by atoms with E-state index in [-0.39, 0.29) is 17.1 Å². The molecule has 0 saturated carbocycles. The highest BCUT2D eigenvalue weighted by molar-refractivity contribution is 6.31. The van der Waals surface area contributed by atoms with Crippen molar-refractivity contribution in [3.05, 3.63) is 74.9 Å². The number of aromatic nitrogens is 1. The number of nitro benzene ring substituents is 1. The van der Waals surface area contributed by atoms with Gasteiger partial charge in [-0.25, -0.2) is 4.79 Å². The average molecular weight is 402 g/mol. The predicted molar refractivity (Wildman–Crippen MR) is 104 cm³/mol. The molecule has 2 aromatic carbocycles. The summed E-state index contributed by atoms with van der Waals surface area (Å²) in [4.78, 5) is 23.6. The van der Waals surface area contributed by atoms with Crippen molar-refractivity contribution in [3.63, 3.8) is 0 Å². The molecule has 1 heterocycles. The summed E-state index contributed by atoms with van der Waals surface area (Å²) in [5.74, 6) is 0.203. The van der Waals surface area contributed by atoms with E-state index in [1.54, 1.807) is 38.1 Å². The number of aryl methyl sites for hydroxylation is 1. The van der Waals surface area contributed by atoms with Gasteiger partial charge in [0.15, 0.2) is 5.76 Å². The summed E-state index contributed by atoms with van der Waals surface area (Å²) in [5.41, 5.74) is 1.64. The molecule has 3 rings (SSSR count). The standard InChI is InChI=1S/C19H16ClN3O5/c1-11-17(18(28-21-11)13-7-9-14(10-8-13)23(26)27)22(19(24)25)12(2)15-5-3-4-6-16(15)20/h3-10,12H,1-2H3,(H,24,25). The van der Waals surface area contributed by atoms with Crippen LogP contribution in [0.25, 0.3) is 11.3 Å². The van der Waals surface area contributed by atoms with Crippen molar-refractivity contribution in [1.29, 1.82) is 0 Å². The monoisotopic (exact) mass is 401 g/mol. The normalized spacial score (nSPS) is 11.8. The summed E-state index contributed by atoms with van der Waals surface area (Å²) >= 11 is 6.25. The van der Waals surface area contributed by atoms with Gasteiger partial charge in [0.25, 0.3) is 5.69 Å². The van der Waals surface area contributed by atoms with Gasteiger partial charge in [-0.05, 0) is 37.6 Å². The van der Waals surface area contributed by atoms with Crippen LogP contribution in [0.3, 0.4) is 0 Å². The Morgan fingerprint density at radius 3 is 2.46 bits per heavy atom. The summed E-state index contributed by atoms with van der Waals surface area (Å²) in [7, 11) is 0. The molecule has 0 fully saturated rings. The lowest BCUT2D eigenvalue weighted by atomic mass is 10.0. The molecule has 1 atom stereocenters. The molecule has 144 valence electrons. The quantitative estimate of drug-likeness (QED) is 0.449. The van der Waals surface area contributed by atoms with Crippen LogP contribution in [0, 0.1) is 17.0 Å². The number of nitro groups is 1. The number of benzene rings is 2. The first-order chi connectivity index (χ1) is 13.3. The van der Waals surface area contributed by atoms with Crippen LogP contribution in [-0.2, 0) is 0 Å². The third-order valence-electron chi connectivity index (χ3n) is 4.36. The SMILES string of the molecule is Cc1noc(-c2ccc([N+](=O)[O-])cc2)c1N(C(=O)O)C(C)c1ccccc1Cl. The Labute approximate surface area is 165 Å². The zero-order valence-electron chi connectivity index (χ0n) is 15.0. The Balaban J connectivity index is 2.10. The molecule has 0 aliphatic carbocycles. The molecule has 1 unspecified atom stereocenters. The first kappa shape index (κ1) is 19.4. The van der Waals surface area contributed by atoms with E-state index >= 15 is 0 Å². The minimum absolute atomic E-state index is 0.0823. The van der Waals surface area contributed by atoms with Crippen LogP contribution in [0.2, 0.25) is 5.02 Å². The molecule has 0 saturated heterocycles. The van der Waals surface area contributed by atoms with Gasteiger partial charge in [-0.2, -0.15) is 0 Å². The molecule has 0 bridgehead atoms. The molecular weight excluding hydrogens is 386 g/mol. The molecule has 3 aromatic rings. The van der Waals surface area contributed by atoms with Crippen LogP contribution in [0.1, 0.15) is 24.2 Å². The second-order valence-corrected chi connectivity index (χ2v) is 6.51.